The second-order valence-corrected chi connectivity index (χ2v) is 13.8. The van der Waals surface area contributed by atoms with Crippen molar-refractivity contribution in [2.24, 2.45) is 0 Å². The van der Waals surface area contributed by atoms with Gasteiger partial charge in [-0.3, -0.25) is 33.1 Å². The number of nitrogens with zero attached hydrogens (tertiary/aromatic N) is 3. The summed E-state index contributed by atoms with van der Waals surface area (Å²) in [4.78, 5) is 65.4. The van der Waals surface area contributed by atoms with Crippen LogP contribution >= 0.6 is 8.38 Å². The molecule has 2 aliphatic rings. The molecule has 52 heavy (non-hydrogen) atoms. The predicted molar refractivity (Wildman–Crippen MR) is 177 cm³/mol. The van der Waals surface area contributed by atoms with Crippen molar-refractivity contribution in [3.05, 3.63) is 63.1 Å². The first kappa shape index (κ1) is 40.2. The summed E-state index contributed by atoms with van der Waals surface area (Å²) in [5, 5.41) is 15.0. The van der Waals surface area contributed by atoms with E-state index >= 15 is 0 Å². The van der Waals surface area contributed by atoms with Crippen LogP contribution in [0.3, 0.4) is 0 Å². The van der Waals surface area contributed by atoms with Crippen molar-refractivity contribution in [3.8, 4) is 5.75 Å². The van der Waals surface area contributed by atoms with Gasteiger partial charge in [0.1, 0.15) is 17.2 Å². The van der Waals surface area contributed by atoms with Gasteiger partial charge in [-0.05, 0) is 40.2 Å². The fourth-order valence-corrected chi connectivity index (χ4v) is 6.45. The summed E-state index contributed by atoms with van der Waals surface area (Å²) in [6.45, 7) is 5.40. The number of hydrogen-bond donors (Lipinski definition) is 2. The van der Waals surface area contributed by atoms with E-state index in [4.69, 9.17) is 32.7 Å². The average Bonchev–Trinajstić information content (AvgIpc) is 3.55. The monoisotopic (exact) mass is 758 g/mol. The van der Waals surface area contributed by atoms with E-state index < -0.39 is 98.0 Å². The molecule has 0 aliphatic carbocycles. The zero-order chi connectivity index (χ0) is 38.2. The van der Waals surface area contributed by atoms with Crippen molar-refractivity contribution in [2.75, 3.05) is 51.6 Å². The van der Waals surface area contributed by atoms with Crippen LogP contribution in [0.4, 0.5) is 18.4 Å². The third-order valence-corrected chi connectivity index (χ3v) is 9.32. The van der Waals surface area contributed by atoms with Gasteiger partial charge in [0.15, 0.2) is 25.5 Å². The molecule has 2 aliphatic heterocycles. The number of carbonyl (C=O) groups excluding carboxylic acids is 4. The highest BCUT2D eigenvalue weighted by molar-refractivity contribution is 7.47. The number of aromatic nitrogens is 1. The molecular weight excluding hydrogens is 717 g/mol. The molecule has 3 heterocycles. The summed E-state index contributed by atoms with van der Waals surface area (Å²) < 4.78 is 65.2. The van der Waals surface area contributed by atoms with E-state index in [0.717, 1.165) is 18.3 Å². The van der Waals surface area contributed by atoms with E-state index in [2.05, 4.69) is 5.32 Å². The molecule has 2 N–H and O–H groups in total. The van der Waals surface area contributed by atoms with Crippen LogP contribution in [0.2, 0.25) is 0 Å². The summed E-state index contributed by atoms with van der Waals surface area (Å²) in [7, 11) is -0.284. The summed E-state index contributed by atoms with van der Waals surface area (Å²) in [6, 6.07) is 2.81. The first-order chi connectivity index (χ1) is 24.6. The third-order valence-electron chi connectivity index (χ3n) is 7.85. The van der Waals surface area contributed by atoms with Gasteiger partial charge in [-0.25, -0.2) is 18.4 Å². The Kier molecular flexibility index (Phi) is 13.7. The molecule has 1 aromatic carbocycles. The molecule has 1 unspecified atom stereocenters. The number of carbonyl (C=O) groups is 4. The Bertz CT molecular complexity index is 1660. The average molecular weight is 759 g/mol. The van der Waals surface area contributed by atoms with Crippen LogP contribution in [0.15, 0.2) is 29.2 Å². The Morgan fingerprint density at radius 3 is 2.23 bits per heavy atom. The number of nitrogens with one attached hydrogen (secondary N) is 1. The molecule has 0 saturated carbocycles. The number of benzene rings is 1. The van der Waals surface area contributed by atoms with Gasteiger partial charge in [0.25, 0.3) is 11.8 Å². The van der Waals surface area contributed by atoms with E-state index in [9.17, 15) is 37.9 Å². The number of ether oxygens (including phenoxy) is 5. The van der Waals surface area contributed by atoms with Gasteiger partial charge in [-0.1, -0.05) is 6.07 Å². The van der Waals surface area contributed by atoms with Crippen LogP contribution in [-0.4, -0.2) is 103 Å². The van der Waals surface area contributed by atoms with Crippen molar-refractivity contribution in [1.29, 1.82) is 0 Å². The predicted octanol–water partition coefficient (Wildman–Crippen LogP) is 3.68. The maximum atomic E-state index is 14.1. The Morgan fingerprint density at radius 2 is 1.67 bits per heavy atom. The maximum Gasteiger partial charge on any atom is 0.510 e. The zero-order valence-electron chi connectivity index (χ0n) is 29.2. The molecule has 4 rings (SSSR count). The molecule has 2 amide bonds. The standard InChI is InChI=1S/C32H41F2N4O13P/c1-19(2)50-30(43)46-17-48-52(49-18-47-31(44)51-20(3)4)12-6-10-37-29(42)25-27(40)26(39)23(15-38(25)36(5)32(37)9-11-45-16-32)28(41)35-14-21-7-8-22(33)13-24(21)34/h7-8,13,15,19-20,40H,6,9-12,14,16-18H2,1-5H3,(H,35,41). The summed E-state index contributed by atoms with van der Waals surface area (Å²) >= 11 is 0. The highest BCUT2D eigenvalue weighted by atomic mass is 31.2. The van der Waals surface area contributed by atoms with Crippen LogP contribution in [0, 0.1) is 11.6 Å². The van der Waals surface area contributed by atoms with Crippen molar-refractivity contribution in [3.63, 3.8) is 0 Å². The molecule has 1 fully saturated rings. The van der Waals surface area contributed by atoms with Crippen molar-refractivity contribution in [1.82, 2.24) is 14.9 Å². The fraction of sp³-hybridized carbons (Fsp3) is 0.531. The topological polar surface area (TPSA) is 194 Å². The van der Waals surface area contributed by atoms with E-state index in [0.29, 0.717) is 12.5 Å². The van der Waals surface area contributed by atoms with Crippen molar-refractivity contribution >= 4 is 32.5 Å². The van der Waals surface area contributed by atoms with E-state index in [1.54, 1.807) is 39.8 Å². The number of amides is 2. The lowest BCUT2D eigenvalue weighted by Crippen LogP contribution is -2.70. The van der Waals surface area contributed by atoms with Crippen LogP contribution in [0.25, 0.3) is 0 Å². The molecular formula is C32H41F2N4O13P. The van der Waals surface area contributed by atoms with Gasteiger partial charge >= 0.3 is 12.3 Å². The fourth-order valence-electron chi connectivity index (χ4n) is 5.38. The highest BCUT2D eigenvalue weighted by Crippen LogP contribution is 2.41. The Morgan fingerprint density at radius 1 is 1.04 bits per heavy atom. The van der Waals surface area contributed by atoms with Gasteiger partial charge in [-0.2, -0.15) is 0 Å². The lowest BCUT2D eigenvalue weighted by molar-refractivity contribution is -0.0239. The summed E-state index contributed by atoms with van der Waals surface area (Å²) in [5.41, 5.74) is -3.22. The Hall–Kier alpha value is -4.58. The third kappa shape index (κ3) is 9.64. The number of fused-ring (bicyclic) bond motifs is 1. The summed E-state index contributed by atoms with van der Waals surface area (Å²) in [6.07, 6.45) is -1.03. The number of pyridine rings is 1. The number of hydrogen-bond acceptors (Lipinski definition) is 14. The van der Waals surface area contributed by atoms with Gasteiger partial charge in [0, 0.05) is 50.5 Å². The minimum atomic E-state index is -1.88. The molecule has 0 radical (unpaired) electrons. The van der Waals surface area contributed by atoms with Crippen LogP contribution in [0.5, 0.6) is 5.75 Å². The second kappa shape index (κ2) is 17.8. The Balaban J connectivity index is 1.50. The van der Waals surface area contributed by atoms with Gasteiger partial charge in [-0.15, -0.1) is 0 Å². The lowest BCUT2D eigenvalue weighted by Gasteiger charge is -2.52. The highest BCUT2D eigenvalue weighted by Gasteiger charge is 2.52. The minimum Gasteiger partial charge on any atom is -0.502 e. The lowest BCUT2D eigenvalue weighted by atomic mass is 10.0. The van der Waals surface area contributed by atoms with Crippen LogP contribution < -0.4 is 15.8 Å². The maximum absolute atomic E-state index is 14.1. The van der Waals surface area contributed by atoms with Crippen molar-refractivity contribution < 1.29 is 65.8 Å². The normalized spacial score (nSPS) is 16.8. The number of halogens is 2. The van der Waals surface area contributed by atoms with E-state index in [-0.39, 0.29) is 44.4 Å². The second-order valence-electron chi connectivity index (χ2n) is 12.1. The van der Waals surface area contributed by atoms with Gasteiger partial charge in [0.2, 0.25) is 19.0 Å². The first-order valence-corrected chi connectivity index (χ1v) is 17.6. The Labute approximate surface area is 298 Å². The molecule has 1 saturated heterocycles. The smallest absolute Gasteiger partial charge is 0.502 e. The molecule has 1 spiro atoms. The van der Waals surface area contributed by atoms with Crippen molar-refractivity contribution in [2.45, 2.75) is 65.0 Å². The van der Waals surface area contributed by atoms with Gasteiger partial charge in [0.05, 0.1) is 25.4 Å². The quantitative estimate of drug-likeness (QED) is 0.152. The van der Waals surface area contributed by atoms with Crippen LogP contribution in [0.1, 0.15) is 66.9 Å². The molecule has 2 aromatic rings. The SMILES string of the molecule is CC(C)OC(=O)OCOP(CCCN1C(=O)c2c(O)c(=O)c(C(=O)NCc3ccc(F)cc3F)cn2N(C)C12CCOC2)OCOC(=O)OC(C)C. The molecule has 1 atom stereocenters. The summed E-state index contributed by atoms with van der Waals surface area (Å²) in [5.74, 6) is -4.38. The van der Waals surface area contributed by atoms with Gasteiger partial charge < -0.3 is 39.0 Å². The first-order valence-electron chi connectivity index (χ1n) is 16.2. The van der Waals surface area contributed by atoms with E-state index in [1.165, 1.54) is 9.58 Å². The minimum absolute atomic E-state index is 0.0314. The van der Waals surface area contributed by atoms with E-state index in [1.807, 2.05) is 0 Å². The molecule has 17 nitrogen and oxygen atoms in total. The van der Waals surface area contributed by atoms with Crippen LogP contribution in [-0.2, 0) is 39.3 Å². The number of rotatable bonds is 15. The molecule has 0 bridgehead atoms. The molecule has 1 aromatic heterocycles. The largest absolute Gasteiger partial charge is 0.510 e. The number of likely N-dealkylation sites (N-methyl/N-ethyl adjacent to an activating group) is 1. The molecule has 286 valence electrons. The number of aromatic hydroxyl groups is 1. The zero-order valence-corrected chi connectivity index (χ0v) is 30.1. The molecule has 20 heteroatoms.